The Bertz CT molecular complexity index is 1100. The Balaban J connectivity index is 1.63. The smallest absolute Gasteiger partial charge is 0.211 e. The highest BCUT2D eigenvalue weighted by Crippen LogP contribution is 2.20. The average molecular weight is 413 g/mol. The highest BCUT2D eigenvalue weighted by atomic mass is 35.5. The van der Waals surface area contributed by atoms with Crippen LogP contribution in [0, 0.1) is 5.82 Å². The van der Waals surface area contributed by atoms with Crippen molar-refractivity contribution in [1.29, 1.82) is 0 Å². The van der Waals surface area contributed by atoms with E-state index in [1.165, 1.54) is 10.6 Å². The van der Waals surface area contributed by atoms with Gasteiger partial charge < -0.3 is 10.3 Å². The molecular formula is C16H18ClFN6O2S. The van der Waals surface area contributed by atoms with Gasteiger partial charge in [0.1, 0.15) is 5.49 Å². The van der Waals surface area contributed by atoms with E-state index in [-0.39, 0.29) is 23.8 Å². The minimum Gasteiger partial charge on any atom is -0.363 e. The summed E-state index contributed by atoms with van der Waals surface area (Å²) in [6, 6.07) is -0.217. The zero-order valence-corrected chi connectivity index (χ0v) is 16.1. The molecule has 2 aliphatic heterocycles. The fourth-order valence-electron chi connectivity index (χ4n) is 3.26. The van der Waals surface area contributed by atoms with Crippen LogP contribution in [-0.4, -0.2) is 65.0 Å². The van der Waals surface area contributed by atoms with E-state index in [1.54, 1.807) is 6.20 Å². The number of aromatic nitrogens is 3. The van der Waals surface area contributed by atoms with E-state index in [4.69, 9.17) is 11.6 Å². The fraction of sp³-hybridized carbons (Fsp3) is 0.438. The number of alkyl halides is 1. The zero-order chi connectivity index (χ0) is 19.2. The van der Waals surface area contributed by atoms with Crippen LogP contribution in [0.15, 0.2) is 17.4 Å². The molecule has 0 radical (unpaired) electrons. The first-order valence-corrected chi connectivity index (χ1v) is 10.7. The molecule has 0 aromatic carbocycles. The summed E-state index contributed by atoms with van der Waals surface area (Å²) in [5.74, 6) is -0.207. The summed E-state index contributed by atoms with van der Waals surface area (Å²) >= 11 is 6.15. The molecule has 2 N–H and O–H groups in total. The molecule has 2 atom stereocenters. The van der Waals surface area contributed by atoms with Crippen molar-refractivity contribution in [2.45, 2.75) is 17.8 Å². The quantitative estimate of drug-likeness (QED) is 0.692. The van der Waals surface area contributed by atoms with Gasteiger partial charge in [-0.2, -0.15) is 0 Å². The summed E-state index contributed by atoms with van der Waals surface area (Å²) in [4.78, 5) is 15.8. The summed E-state index contributed by atoms with van der Waals surface area (Å²) in [6.45, 7) is 1.16. The Labute approximate surface area is 160 Å². The molecule has 0 aliphatic carbocycles. The molecule has 11 heteroatoms. The third-order valence-corrected chi connectivity index (χ3v) is 6.15. The summed E-state index contributed by atoms with van der Waals surface area (Å²) in [5.41, 5.74) is 1.38. The lowest BCUT2D eigenvalue weighted by Gasteiger charge is -2.15. The molecule has 4 heterocycles. The molecule has 2 aliphatic rings. The number of H-pyrrole nitrogens is 1. The van der Waals surface area contributed by atoms with Crippen molar-refractivity contribution in [2.24, 2.45) is 4.99 Å². The SMILES string of the molecule is CS(=O)(=O)N1CC[C@@H](Nc2nc(-c3c[nH]c4c3=CC(Cl)CN=4)ncc2F)C1. The van der Waals surface area contributed by atoms with Gasteiger partial charge in [0.15, 0.2) is 17.5 Å². The van der Waals surface area contributed by atoms with Gasteiger partial charge in [-0.15, -0.1) is 11.6 Å². The highest BCUT2D eigenvalue weighted by molar-refractivity contribution is 7.88. The Kier molecular flexibility index (Phi) is 4.65. The molecular weight excluding hydrogens is 395 g/mol. The fourth-order valence-corrected chi connectivity index (χ4v) is 4.34. The van der Waals surface area contributed by atoms with Crippen LogP contribution in [0.3, 0.4) is 0 Å². The lowest BCUT2D eigenvalue weighted by Crippen LogP contribution is -2.32. The van der Waals surface area contributed by atoms with Crippen LogP contribution in [0.1, 0.15) is 6.42 Å². The second-order valence-electron chi connectivity index (χ2n) is 6.63. The van der Waals surface area contributed by atoms with E-state index < -0.39 is 15.8 Å². The van der Waals surface area contributed by atoms with E-state index in [0.717, 1.165) is 11.4 Å². The Morgan fingerprint density at radius 2 is 2.26 bits per heavy atom. The highest BCUT2D eigenvalue weighted by Gasteiger charge is 2.29. The van der Waals surface area contributed by atoms with Gasteiger partial charge in [-0.05, 0) is 6.42 Å². The van der Waals surface area contributed by atoms with Gasteiger partial charge in [-0.25, -0.2) is 27.1 Å². The monoisotopic (exact) mass is 412 g/mol. The molecule has 0 bridgehead atoms. The molecule has 2 aromatic heterocycles. The summed E-state index contributed by atoms with van der Waals surface area (Å²) in [5, 5.41) is 3.58. The number of anilines is 1. The number of nitrogens with one attached hydrogen (secondary N) is 2. The van der Waals surface area contributed by atoms with Crippen LogP contribution in [0.5, 0.6) is 0 Å². The van der Waals surface area contributed by atoms with Crippen LogP contribution in [-0.2, 0) is 10.0 Å². The van der Waals surface area contributed by atoms with Crippen LogP contribution >= 0.6 is 11.6 Å². The van der Waals surface area contributed by atoms with Crippen molar-refractivity contribution >= 4 is 33.5 Å². The van der Waals surface area contributed by atoms with E-state index in [9.17, 15) is 12.8 Å². The maximum absolute atomic E-state index is 14.2. The molecule has 2 aromatic rings. The predicted molar refractivity (Wildman–Crippen MR) is 100.0 cm³/mol. The second kappa shape index (κ2) is 6.84. The van der Waals surface area contributed by atoms with Gasteiger partial charge in [0.2, 0.25) is 10.0 Å². The van der Waals surface area contributed by atoms with Crippen molar-refractivity contribution in [3.05, 3.63) is 28.9 Å². The molecule has 1 unspecified atom stereocenters. The third-order valence-electron chi connectivity index (χ3n) is 4.62. The molecule has 4 rings (SSSR count). The number of fused-ring (bicyclic) bond motifs is 1. The lowest BCUT2D eigenvalue weighted by atomic mass is 10.2. The number of rotatable bonds is 4. The van der Waals surface area contributed by atoms with Crippen molar-refractivity contribution in [3.63, 3.8) is 0 Å². The van der Waals surface area contributed by atoms with Gasteiger partial charge in [0.25, 0.3) is 0 Å². The number of sulfonamides is 1. The van der Waals surface area contributed by atoms with E-state index in [0.29, 0.717) is 36.4 Å². The first kappa shape index (κ1) is 18.3. The van der Waals surface area contributed by atoms with Crippen molar-refractivity contribution in [3.8, 4) is 11.4 Å². The molecule has 1 fully saturated rings. The minimum absolute atomic E-state index is 0.0467. The second-order valence-corrected chi connectivity index (χ2v) is 9.17. The topological polar surface area (TPSA) is 103 Å². The van der Waals surface area contributed by atoms with Gasteiger partial charge in [0, 0.05) is 36.1 Å². The zero-order valence-electron chi connectivity index (χ0n) is 14.5. The van der Waals surface area contributed by atoms with Crippen molar-refractivity contribution in [1.82, 2.24) is 19.3 Å². The molecule has 1 saturated heterocycles. The number of hydrogen-bond acceptors (Lipinski definition) is 6. The van der Waals surface area contributed by atoms with Crippen LogP contribution < -0.4 is 16.0 Å². The van der Waals surface area contributed by atoms with Crippen LogP contribution in [0.2, 0.25) is 0 Å². The molecule has 0 spiro atoms. The normalized spacial score (nSPS) is 22.8. The molecule has 8 nitrogen and oxygen atoms in total. The van der Waals surface area contributed by atoms with Crippen LogP contribution in [0.4, 0.5) is 10.2 Å². The number of nitrogens with zero attached hydrogens (tertiary/aromatic N) is 4. The van der Waals surface area contributed by atoms with E-state index >= 15 is 0 Å². The molecule has 144 valence electrons. The van der Waals surface area contributed by atoms with E-state index in [1.807, 2.05) is 6.08 Å². The summed E-state index contributed by atoms with van der Waals surface area (Å²) < 4.78 is 38.9. The minimum atomic E-state index is -3.26. The Hall–Kier alpha value is -2.04. The van der Waals surface area contributed by atoms with Gasteiger partial charge in [-0.3, -0.25) is 4.99 Å². The summed E-state index contributed by atoms with van der Waals surface area (Å²) in [6.07, 6.45) is 6.44. The molecule has 0 amide bonds. The van der Waals surface area contributed by atoms with E-state index in [2.05, 4.69) is 25.3 Å². The van der Waals surface area contributed by atoms with Crippen molar-refractivity contribution < 1.29 is 12.8 Å². The predicted octanol–water partition coefficient (Wildman–Crippen LogP) is 0.0777. The largest absolute Gasteiger partial charge is 0.363 e. The Morgan fingerprint density at radius 1 is 1.44 bits per heavy atom. The first-order valence-electron chi connectivity index (χ1n) is 8.43. The van der Waals surface area contributed by atoms with Gasteiger partial charge >= 0.3 is 0 Å². The third kappa shape index (κ3) is 3.69. The summed E-state index contributed by atoms with van der Waals surface area (Å²) in [7, 11) is -3.26. The first-order chi connectivity index (χ1) is 12.8. The average Bonchev–Trinajstić information content (AvgIpc) is 3.23. The standard InChI is InChI=1S/C16H18ClFN6O2S/c1-27(25,26)24-3-2-10(8-24)22-16-13(18)7-21-15(23-16)12-6-20-14-11(12)4-9(17)5-19-14/h4,6-7,9-10H,2-3,5,8H2,1H3,(H,19,20)(H,21,22,23)/t9?,10-/m1/s1. The lowest BCUT2D eigenvalue weighted by molar-refractivity contribution is 0.480. The molecule has 27 heavy (non-hydrogen) atoms. The molecule has 0 saturated carbocycles. The number of halogens is 2. The number of aromatic amines is 1. The van der Waals surface area contributed by atoms with Crippen molar-refractivity contribution in [2.75, 3.05) is 31.2 Å². The maximum Gasteiger partial charge on any atom is 0.211 e. The maximum atomic E-state index is 14.2. The van der Waals surface area contributed by atoms with Gasteiger partial charge in [0.05, 0.1) is 24.4 Å². The Morgan fingerprint density at radius 3 is 3.00 bits per heavy atom. The number of hydrogen-bond donors (Lipinski definition) is 2. The van der Waals surface area contributed by atoms with Gasteiger partial charge in [-0.1, -0.05) is 6.08 Å². The van der Waals surface area contributed by atoms with Crippen LogP contribution in [0.25, 0.3) is 17.5 Å².